The largest absolute Gasteiger partial charge is 0.393 e. The molecule has 1 aromatic carbocycles. The Bertz CT molecular complexity index is 700. The lowest BCUT2D eigenvalue weighted by Gasteiger charge is -2.33. The summed E-state index contributed by atoms with van der Waals surface area (Å²) < 4.78 is 1.90. The molecule has 2 N–H and O–H groups in total. The van der Waals surface area contributed by atoms with Gasteiger partial charge >= 0.3 is 6.03 Å². The Hall–Kier alpha value is -2.34. The highest BCUT2D eigenvalue weighted by Gasteiger charge is 2.25. The van der Waals surface area contributed by atoms with E-state index in [1.165, 1.54) is 0 Å². The van der Waals surface area contributed by atoms with Crippen LogP contribution in [-0.2, 0) is 6.54 Å². The van der Waals surface area contributed by atoms with Crippen LogP contribution in [0.4, 0.5) is 10.5 Å². The Morgan fingerprint density at radius 3 is 2.56 bits per heavy atom. The second kappa shape index (κ2) is 7.70. The molecule has 2 heterocycles. The number of urea groups is 1. The summed E-state index contributed by atoms with van der Waals surface area (Å²) >= 11 is 0. The highest BCUT2D eigenvalue weighted by atomic mass is 16.3. The fourth-order valence-corrected chi connectivity index (χ4v) is 3.22. The van der Waals surface area contributed by atoms with Gasteiger partial charge in [-0.15, -0.1) is 0 Å². The van der Waals surface area contributed by atoms with Gasteiger partial charge in [-0.05, 0) is 55.9 Å². The normalized spacial score (nSPS) is 16.7. The summed E-state index contributed by atoms with van der Waals surface area (Å²) in [5.74, 6) is 0.300. The zero-order chi connectivity index (χ0) is 17.8. The Balaban J connectivity index is 1.52. The third-order valence-corrected chi connectivity index (χ3v) is 4.82. The molecule has 0 saturated carbocycles. The minimum Gasteiger partial charge on any atom is -0.393 e. The van der Waals surface area contributed by atoms with Gasteiger partial charge in [-0.3, -0.25) is 4.68 Å². The number of piperidine rings is 1. The summed E-state index contributed by atoms with van der Waals surface area (Å²) in [7, 11) is 0. The molecule has 2 amide bonds. The molecule has 3 rings (SSSR count). The number of aliphatic hydroxyl groups is 1. The van der Waals surface area contributed by atoms with Crippen LogP contribution in [0.25, 0.3) is 0 Å². The maximum atomic E-state index is 12.4. The van der Waals surface area contributed by atoms with Crippen LogP contribution in [0.2, 0.25) is 0 Å². The molecule has 0 radical (unpaired) electrons. The minimum atomic E-state index is -0.295. The molecule has 2 aromatic rings. The molecule has 134 valence electrons. The molecular weight excluding hydrogens is 316 g/mol. The molecule has 1 fully saturated rings. The maximum Gasteiger partial charge on any atom is 0.321 e. The van der Waals surface area contributed by atoms with Crippen molar-refractivity contribution in [3.63, 3.8) is 0 Å². The Morgan fingerprint density at radius 2 is 2.00 bits per heavy atom. The highest BCUT2D eigenvalue weighted by molar-refractivity contribution is 5.89. The molecule has 0 spiro atoms. The van der Waals surface area contributed by atoms with E-state index in [1.807, 2.05) is 60.1 Å². The second-order valence-electron chi connectivity index (χ2n) is 6.91. The van der Waals surface area contributed by atoms with E-state index in [0.29, 0.717) is 19.0 Å². The molecule has 1 aliphatic heterocycles. The van der Waals surface area contributed by atoms with Gasteiger partial charge in [0.1, 0.15) is 0 Å². The molecule has 1 saturated heterocycles. The van der Waals surface area contributed by atoms with E-state index < -0.39 is 0 Å². The Labute approximate surface area is 148 Å². The van der Waals surface area contributed by atoms with Gasteiger partial charge in [0.2, 0.25) is 0 Å². The van der Waals surface area contributed by atoms with Gasteiger partial charge in [-0.25, -0.2) is 4.79 Å². The first-order chi connectivity index (χ1) is 12.0. The predicted molar refractivity (Wildman–Crippen MR) is 97.5 cm³/mol. The molecular formula is C19H26N4O2. The number of carbonyl (C=O) groups is 1. The first kappa shape index (κ1) is 17.5. The zero-order valence-electron chi connectivity index (χ0n) is 14.9. The predicted octanol–water partition coefficient (Wildman–Crippen LogP) is 2.86. The smallest absolute Gasteiger partial charge is 0.321 e. The number of aryl methyl sites for hydroxylation is 1. The van der Waals surface area contributed by atoms with Crippen LogP contribution >= 0.6 is 0 Å². The van der Waals surface area contributed by atoms with E-state index in [2.05, 4.69) is 10.4 Å². The third kappa shape index (κ3) is 4.60. The number of amides is 2. The lowest BCUT2D eigenvalue weighted by atomic mass is 9.92. The van der Waals surface area contributed by atoms with Gasteiger partial charge in [0.25, 0.3) is 0 Å². The average Bonchev–Trinajstić information content (AvgIpc) is 3.01. The fourth-order valence-electron chi connectivity index (χ4n) is 3.22. The number of nitrogens with zero attached hydrogens (tertiary/aromatic N) is 3. The van der Waals surface area contributed by atoms with Crippen LogP contribution in [0.15, 0.2) is 36.7 Å². The quantitative estimate of drug-likeness (QED) is 0.897. The average molecular weight is 342 g/mol. The van der Waals surface area contributed by atoms with Crippen LogP contribution in [0.5, 0.6) is 0 Å². The molecule has 25 heavy (non-hydrogen) atoms. The number of carbonyl (C=O) groups excluding carboxylic acids is 1. The van der Waals surface area contributed by atoms with Crippen molar-refractivity contribution < 1.29 is 9.90 Å². The second-order valence-corrected chi connectivity index (χ2v) is 6.91. The molecule has 1 unspecified atom stereocenters. The van der Waals surface area contributed by atoms with Gasteiger partial charge < -0.3 is 15.3 Å². The summed E-state index contributed by atoms with van der Waals surface area (Å²) in [4.78, 5) is 14.2. The zero-order valence-corrected chi connectivity index (χ0v) is 14.9. The number of benzene rings is 1. The Morgan fingerprint density at radius 1 is 1.32 bits per heavy atom. The number of aromatic nitrogens is 2. The molecule has 6 heteroatoms. The van der Waals surface area contributed by atoms with Crippen molar-refractivity contribution in [2.75, 3.05) is 18.4 Å². The van der Waals surface area contributed by atoms with Crippen molar-refractivity contribution in [2.45, 2.75) is 39.3 Å². The first-order valence-corrected chi connectivity index (χ1v) is 8.83. The van der Waals surface area contributed by atoms with Crippen LogP contribution in [0.1, 0.15) is 30.9 Å². The van der Waals surface area contributed by atoms with Crippen molar-refractivity contribution in [1.29, 1.82) is 0 Å². The van der Waals surface area contributed by atoms with Crippen LogP contribution < -0.4 is 5.32 Å². The fraction of sp³-hybridized carbons (Fsp3) is 0.474. The highest BCUT2D eigenvalue weighted by Crippen LogP contribution is 2.21. The summed E-state index contributed by atoms with van der Waals surface area (Å²) in [5, 5.41) is 16.9. The first-order valence-electron chi connectivity index (χ1n) is 8.83. The number of hydrogen-bond acceptors (Lipinski definition) is 3. The molecule has 1 atom stereocenters. The van der Waals surface area contributed by atoms with Crippen LogP contribution in [0.3, 0.4) is 0 Å². The van der Waals surface area contributed by atoms with Crippen molar-refractivity contribution >= 4 is 11.7 Å². The molecule has 1 aromatic heterocycles. The number of hydrogen-bond donors (Lipinski definition) is 2. The molecule has 6 nitrogen and oxygen atoms in total. The van der Waals surface area contributed by atoms with Gasteiger partial charge in [0.05, 0.1) is 18.8 Å². The number of likely N-dealkylation sites (tertiary alicyclic amines) is 1. The van der Waals surface area contributed by atoms with Gasteiger partial charge in [0.15, 0.2) is 0 Å². The summed E-state index contributed by atoms with van der Waals surface area (Å²) in [6.07, 6.45) is 5.26. The summed E-state index contributed by atoms with van der Waals surface area (Å²) in [6.45, 7) is 5.95. The van der Waals surface area contributed by atoms with Crippen molar-refractivity contribution in [1.82, 2.24) is 14.7 Å². The van der Waals surface area contributed by atoms with E-state index in [-0.39, 0.29) is 12.1 Å². The summed E-state index contributed by atoms with van der Waals surface area (Å²) in [5.41, 5.74) is 3.07. The Kier molecular flexibility index (Phi) is 5.38. The molecule has 0 aliphatic carbocycles. The van der Waals surface area contributed by atoms with Crippen molar-refractivity contribution in [3.8, 4) is 0 Å². The lowest BCUT2D eigenvalue weighted by molar-refractivity contribution is 0.0820. The molecule has 1 aliphatic rings. The lowest BCUT2D eigenvalue weighted by Crippen LogP contribution is -2.42. The van der Waals surface area contributed by atoms with Gasteiger partial charge in [-0.1, -0.05) is 12.1 Å². The number of nitrogens with one attached hydrogen (secondary N) is 1. The van der Waals surface area contributed by atoms with E-state index in [4.69, 9.17) is 0 Å². The van der Waals surface area contributed by atoms with Gasteiger partial charge in [0, 0.05) is 25.0 Å². The van der Waals surface area contributed by atoms with Crippen LogP contribution in [0, 0.1) is 12.8 Å². The topological polar surface area (TPSA) is 70.4 Å². The van der Waals surface area contributed by atoms with E-state index in [0.717, 1.165) is 36.2 Å². The monoisotopic (exact) mass is 342 g/mol. The van der Waals surface area contributed by atoms with Gasteiger partial charge in [-0.2, -0.15) is 5.10 Å². The van der Waals surface area contributed by atoms with E-state index in [1.54, 1.807) is 0 Å². The third-order valence-electron chi connectivity index (χ3n) is 4.82. The number of anilines is 1. The van der Waals surface area contributed by atoms with Crippen LogP contribution in [-0.4, -0.2) is 45.0 Å². The summed E-state index contributed by atoms with van der Waals surface area (Å²) in [6, 6.07) is 7.79. The van der Waals surface area contributed by atoms with Crippen molar-refractivity contribution in [2.24, 2.45) is 5.92 Å². The molecule has 0 bridgehead atoms. The number of rotatable bonds is 4. The number of aliphatic hydroxyl groups excluding tert-OH is 1. The van der Waals surface area contributed by atoms with E-state index in [9.17, 15) is 9.90 Å². The van der Waals surface area contributed by atoms with Crippen molar-refractivity contribution in [3.05, 3.63) is 47.8 Å². The van der Waals surface area contributed by atoms with E-state index >= 15 is 0 Å². The maximum absolute atomic E-state index is 12.4. The SMILES string of the molecule is Cc1cnn(Cc2ccc(NC(=O)N3CCC(C(C)O)CC3)cc2)c1. The minimum absolute atomic E-state index is 0.0699. The standard InChI is InChI=1S/C19H26N4O2/c1-14-11-20-23(12-14)13-16-3-5-18(6-4-16)21-19(25)22-9-7-17(8-10-22)15(2)24/h3-6,11-12,15,17,24H,7-10,13H2,1-2H3,(H,21,25).